The first-order chi connectivity index (χ1) is 16.5. The number of nitrogens with one attached hydrogen (secondary N) is 1. The number of anilines is 1. The predicted octanol–water partition coefficient (Wildman–Crippen LogP) is 6.67. The fourth-order valence-electron chi connectivity index (χ4n) is 5.41. The third-order valence-corrected chi connectivity index (χ3v) is 6.96. The van der Waals surface area contributed by atoms with Crippen molar-refractivity contribution in [1.29, 1.82) is 0 Å². The van der Waals surface area contributed by atoms with Crippen molar-refractivity contribution in [1.82, 2.24) is 4.90 Å². The van der Waals surface area contributed by atoms with Gasteiger partial charge in [-0.2, -0.15) is 0 Å². The van der Waals surface area contributed by atoms with Gasteiger partial charge in [-0.1, -0.05) is 74.0 Å². The molecule has 3 aromatic rings. The minimum Gasteiger partial charge on any atom is -0.325 e. The van der Waals surface area contributed by atoms with Crippen molar-refractivity contribution in [3.05, 3.63) is 94.5 Å². The molecule has 0 saturated carbocycles. The summed E-state index contributed by atoms with van der Waals surface area (Å²) < 4.78 is 0. The lowest BCUT2D eigenvalue weighted by Crippen LogP contribution is -2.38. The van der Waals surface area contributed by atoms with Gasteiger partial charge in [-0.3, -0.25) is 14.7 Å². The molecule has 2 aliphatic rings. The molecule has 174 valence electrons. The third-order valence-electron chi connectivity index (χ3n) is 6.73. The zero-order valence-corrected chi connectivity index (χ0v) is 20.4. The lowest BCUT2D eigenvalue weighted by molar-refractivity contribution is -0.115. The van der Waals surface area contributed by atoms with E-state index in [0.29, 0.717) is 5.02 Å². The first-order valence-electron chi connectivity index (χ1n) is 12.0. The number of hydrogen-bond acceptors (Lipinski definition) is 3. The Labute approximate surface area is 206 Å². The lowest BCUT2D eigenvalue weighted by atomic mass is 9.90. The van der Waals surface area contributed by atoms with Crippen LogP contribution in [0.4, 0.5) is 11.4 Å². The SMILES string of the molecule is CC1CC(C)CN(Cc2ccc(N=C(c3ccccc3)C3C(=O)Nc4cc(Cl)ccc43)cc2)C1. The van der Waals surface area contributed by atoms with Gasteiger partial charge in [-0.05, 0) is 59.2 Å². The van der Waals surface area contributed by atoms with Crippen molar-refractivity contribution < 1.29 is 4.79 Å². The number of nitrogens with zero attached hydrogens (tertiary/aromatic N) is 2. The molecular weight excluding hydrogens is 442 g/mol. The Morgan fingerprint density at radius 2 is 1.71 bits per heavy atom. The van der Waals surface area contributed by atoms with E-state index in [-0.39, 0.29) is 5.91 Å². The van der Waals surface area contributed by atoms with E-state index in [1.807, 2.05) is 42.5 Å². The van der Waals surface area contributed by atoms with E-state index in [1.54, 1.807) is 6.07 Å². The molecule has 3 unspecified atom stereocenters. The molecular formula is C29H30ClN3O. The number of rotatable bonds is 5. The molecule has 2 heterocycles. The van der Waals surface area contributed by atoms with Crippen molar-refractivity contribution in [2.75, 3.05) is 18.4 Å². The Morgan fingerprint density at radius 1 is 1.00 bits per heavy atom. The maximum absolute atomic E-state index is 13.0. The second-order valence-corrected chi connectivity index (χ2v) is 10.3. The van der Waals surface area contributed by atoms with Crippen LogP contribution in [-0.4, -0.2) is 29.6 Å². The molecule has 0 aliphatic carbocycles. The number of carbonyl (C=O) groups is 1. The second kappa shape index (κ2) is 9.73. The molecule has 5 rings (SSSR count). The molecule has 1 saturated heterocycles. The van der Waals surface area contributed by atoms with Gasteiger partial charge in [0.05, 0.1) is 11.4 Å². The van der Waals surface area contributed by atoms with Crippen LogP contribution in [0, 0.1) is 11.8 Å². The molecule has 1 N–H and O–H groups in total. The number of likely N-dealkylation sites (tertiary alicyclic amines) is 1. The second-order valence-electron chi connectivity index (χ2n) is 9.82. The number of halogens is 1. The summed E-state index contributed by atoms with van der Waals surface area (Å²) in [5.74, 6) is 0.934. The van der Waals surface area contributed by atoms with E-state index in [2.05, 4.69) is 48.3 Å². The van der Waals surface area contributed by atoms with Crippen LogP contribution in [0.5, 0.6) is 0 Å². The highest BCUT2D eigenvalue weighted by Crippen LogP contribution is 2.37. The summed E-state index contributed by atoms with van der Waals surface area (Å²) in [6.07, 6.45) is 1.32. The molecule has 1 amide bonds. The van der Waals surface area contributed by atoms with Crippen LogP contribution in [0.2, 0.25) is 5.02 Å². The number of aliphatic imine (C=N–C) groups is 1. The van der Waals surface area contributed by atoms with E-state index in [4.69, 9.17) is 16.6 Å². The molecule has 0 radical (unpaired) electrons. The Morgan fingerprint density at radius 3 is 2.41 bits per heavy atom. The molecule has 2 aliphatic heterocycles. The lowest BCUT2D eigenvalue weighted by Gasteiger charge is -2.35. The van der Waals surface area contributed by atoms with Gasteiger partial charge < -0.3 is 5.32 Å². The summed E-state index contributed by atoms with van der Waals surface area (Å²) in [4.78, 5) is 20.6. The average Bonchev–Trinajstić information content (AvgIpc) is 3.13. The number of benzene rings is 3. The molecule has 0 aromatic heterocycles. The highest BCUT2D eigenvalue weighted by Gasteiger charge is 2.35. The topological polar surface area (TPSA) is 44.7 Å². The Balaban J connectivity index is 1.45. The van der Waals surface area contributed by atoms with Crippen molar-refractivity contribution >= 4 is 34.6 Å². The quantitative estimate of drug-likeness (QED) is 0.422. The predicted molar refractivity (Wildman–Crippen MR) is 140 cm³/mol. The molecule has 34 heavy (non-hydrogen) atoms. The van der Waals surface area contributed by atoms with Crippen LogP contribution in [0.15, 0.2) is 77.8 Å². The maximum Gasteiger partial charge on any atom is 0.238 e. The van der Waals surface area contributed by atoms with E-state index in [9.17, 15) is 4.79 Å². The zero-order valence-electron chi connectivity index (χ0n) is 19.7. The molecule has 3 aromatic carbocycles. The van der Waals surface area contributed by atoms with E-state index in [0.717, 1.165) is 59.7 Å². The van der Waals surface area contributed by atoms with Crippen LogP contribution in [0.25, 0.3) is 0 Å². The van der Waals surface area contributed by atoms with Crippen LogP contribution in [-0.2, 0) is 11.3 Å². The fraction of sp³-hybridized carbons (Fsp3) is 0.310. The molecule has 5 heteroatoms. The van der Waals surface area contributed by atoms with Gasteiger partial charge in [0.25, 0.3) is 0 Å². The van der Waals surface area contributed by atoms with Gasteiger partial charge in [0.2, 0.25) is 5.91 Å². The molecule has 0 spiro atoms. The third kappa shape index (κ3) is 4.94. The summed E-state index contributed by atoms with van der Waals surface area (Å²) >= 11 is 6.16. The van der Waals surface area contributed by atoms with E-state index >= 15 is 0 Å². The van der Waals surface area contributed by atoms with Gasteiger partial charge in [-0.25, -0.2) is 0 Å². The number of piperidine rings is 1. The van der Waals surface area contributed by atoms with Crippen LogP contribution < -0.4 is 5.32 Å². The van der Waals surface area contributed by atoms with Crippen LogP contribution >= 0.6 is 11.6 Å². The monoisotopic (exact) mass is 471 g/mol. The van der Waals surface area contributed by atoms with Crippen LogP contribution in [0.3, 0.4) is 0 Å². The van der Waals surface area contributed by atoms with Gasteiger partial charge in [0, 0.05) is 30.3 Å². The van der Waals surface area contributed by atoms with Crippen molar-refractivity contribution in [2.24, 2.45) is 16.8 Å². The molecule has 3 atom stereocenters. The van der Waals surface area contributed by atoms with Crippen molar-refractivity contribution in [3.8, 4) is 0 Å². The first kappa shape index (κ1) is 22.8. The number of fused-ring (bicyclic) bond motifs is 1. The summed E-state index contributed by atoms with van der Waals surface area (Å²) in [6.45, 7) is 7.96. The summed E-state index contributed by atoms with van der Waals surface area (Å²) in [6, 6.07) is 23.9. The number of amides is 1. The van der Waals surface area contributed by atoms with Gasteiger partial charge in [0.15, 0.2) is 0 Å². The summed E-state index contributed by atoms with van der Waals surface area (Å²) in [7, 11) is 0. The fourth-order valence-corrected chi connectivity index (χ4v) is 5.58. The van der Waals surface area contributed by atoms with Gasteiger partial charge >= 0.3 is 0 Å². The number of carbonyl (C=O) groups excluding carboxylic acids is 1. The smallest absolute Gasteiger partial charge is 0.238 e. The van der Waals surface area contributed by atoms with E-state index in [1.165, 1.54) is 12.0 Å². The minimum absolute atomic E-state index is 0.0789. The first-order valence-corrected chi connectivity index (χ1v) is 12.4. The highest BCUT2D eigenvalue weighted by atomic mass is 35.5. The molecule has 4 nitrogen and oxygen atoms in total. The van der Waals surface area contributed by atoms with Gasteiger partial charge in [-0.15, -0.1) is 0 Å². The Hall–Kier alpha value is -2.95. The van der Waals surface area contributed by atoms with E-state index < -0.39 is 5.92 Å². The molecule has 0 bridgehead atoms. The minimum atomic E-state index is -0.481. The van der Waals surface area contributed by atoms with Crippen molar-refractivity contribution in [2.45, 2.75) is 32.7 Å². The van der Waals surface area contributed by atoms with Crippen molar-refractivity contribution in [3.63, 3.8) is 0 Å². The Kier molecular flexibility index (Phi) is 6.53. The average molecular weight is 472 g/mol. The summed E-state index contributed by atoms with van der Waals surface area (Å²) in [5, 5.41) is 3.58. The number of hydrogen-bond donors (Lipinski definition) is 1. The summed E-state index contributed by atoms with van der Waals surface area (Å²) in [5.41, 5.74) is 5.48. The zero-order chi connectivity index (χ0) is 23.7. The standard InChI is InChI=1S/C29H30ClN3O/c1-19-14-20(2)17-33(16-19)18-21-8-11-24(12-9-21)31-28(22-6-4-3-5-7-22)27-25-13-10-23(30)15-26(25)32-29(27)34/h3-13,15,19-20,27H,14,16-18H2,1-2H3,(H,32,34). The van der Waals surface area contributed by atoms with Crippen LogP contribution in [0.1, 0.15) is 42.9 Å². The maximum atomic E-state index is 13.0. The normalized spacial score (nSPS) is 23.0. The molecule has 1 fully saturated rings. The highest BCUT2D eigenvalue weighted by molar-refractivity contribution is 6.31. The Bertz CT molecular complexity index is 1200. The van der Waals surface area contributed by atoms with Gasteiger partial charge in [0.1, 0.15) is 5.92 Å². The largest absolute Gasteiger partial charge is 0.325 e.